The molecule has 7 heteroatoms. The van der Waals surface area contributed by atoms with E-state index in [2.05, 4.69) is 26.1 Å². The minimum atomic E-state index is 0.000471. The molecule has 0 spiro atoms. The average molecular weight is 467 g/mol. The SMILES string of the molecule is O=C(CSc1nnc(-c2cccc(Oc3ccccc3)c2)o1)c1ccc(Br)cc1. The predicted molar refractivity (Wildman–Crippen MR) is 115 cm³/mol. The van der Waals surface area contributed by atoms with Gasteiger partial charge in [0.25, 0.3) is 5.22 Å². The number of hydrogen-bond acceptors (Lipinski definition) is 6. The van der Waals surface area contributed by atoms with Crippen molar-refractivity contribution in [2.45, 2.75) is 5.22 Å². The fourth-order valence-corrected chi connectivity index (χ4v) is 3.47. The third kappa shape index (κ3) is 5.13. The summed E-state index contributed by atoms with van der Waals surface area (Å²) in [5.41, 5.74) is 1.39. The second-order valence-electron chi connectivity index (χ2n) is 6.03. The number of rotatable bonds is 7. The summed E-state index contributed by atoms with van der Waals surface area (Å²) >= 11 is 4.58. The van der Waals surface area contributed by atoms with Gasteiger partial charge in [0.1, 0.15) is 11.5 Å². The molecule has 3 aromatic carbocycles. The van der Waals surface area contributed by atoms with E-state index in [1.807, 2.05) is 66.7 Å². The number of ether oxygens (including phenoxy) is 1. The highest BCUT2D eigenvalue weighted by atomic mass is 79.9. The highest BCUT2D eigenvalue weighted by Crippen LogP contribution is 2.28. The number of carbonyl (C=O) groups is 1. The van der Waals surface area contributed by atoms with Crippen LogP contribution in [0.4, 0.5) is 0 Å². The van der Waals surface area contributed by atoms with Crippen molar-refractivity contribution in [2.24, 2.45) is 0 Å². The largest absolute Gasteiger partial charge is 0.457 e. The van der Waals surface area contributed by atoms with Crippen molar-refractivity contribution in [3.8, 4) is 23.0 Å². The maximum atomic E-state index is 12.3. The predicted octanol–water partition coefficient (Wildman–Crippen LogP) is 6.27. The van der Waals surface area contributed by atoms with Gasteiger partial charge < -0.3 is 9.15 Å². The number of para-hydroxylation sites is 1. The fraction of sp³-hybridized carbons (Fsp3) is 0.0455. The average Bonchev–Trinajstić information content (AvgIpc) is 3.23. The molecule has 0 saturated heterocycles. The first-order chi connectivity index (χ1) is 14.2. The highest BCUT2D eigenvalue weighted by molar-refractivity contribution is 9.10. The third-order valence-electron chi connectivity index (χ3n) is 3.96. The molecule has 0 saturated carbocycles. The first-order valence-electron chi connectivity index (χ1n) is 8.76. The molecule has 0 aliphatic carbocycles. The summed E-state index contributed by atoms with van der Waals surface area (Å²) in [5, 5.41) is 8.47. The highest BCUT2D eigenvalue weighted by Gasteiger charge is 2.13. The Hall–Kier alpha value is -2.90. The van der Waals surface area contributed by atoms with E-state index >= 15 is 0 Å². The van der Waals surface area contributed by atoms with Crippen molar-refractivity contribution in [3.05, 3.63) is 88.9 Å². The Morgan fingerprint density at radius 3 is 2.48 bits per heavy atom. The first-order valence-corrected chi connectivity index (χ1v) is 10.5. The number of aromatic nitrogens is 2. The van der Waals surface area contributed by atoms with Crippen LogP contribution in [-0.2, 0) is 0 Å². The molecule has 0 aliphatic rings. The van der Waals surface area contributed by atoms with Crippen LogP contribution in [0.2, 0.25) is 0 Å². The lowest BCUT2D eigenvalue weighted by Gasteiger charge is -2.05. The number of Topliss-reactive ketones (excluding diaryl/α,β-unsaturated/α-hetero) is 1. The maximum Gasteiger partial charge on any atom is 0.277 e. The lowest BCUT2D eigenvalue weighted by molar-refractivity contribution is 0.102. The molecule has 0 atom stereocenters. The van der Waals surface area contributed by atoms with Crippen LogP contribution >= 0.6 is 27.7 Å². The van der Waals surface area contributed by atoms with Gasteiger partial charge in [-0.3, -0.25) is 4.79 Å². The van der Waals surface area contributed by atoms with Crippen molar-refractivity contribution in [1.82, 2.24) is 10.2 Å². The summed E-state index contributed by atoms with van der Waals surface area (Å²) < 4.78 is 12.5. The molecule has 1 aromatic heterocycles. The van der Waals surface area contributed by atoms with Gasteiger partial charge in [0, 0.05) is 15.6 Å². The van der Waals surface area contributed by atoms with Gasteiger partial charge in [0.15, 0.2) is 5.78 Å². The molecule has 0 unspecified atom stereocenters. The zero-order chi connectivity index (χ0) is 20.1. The smallest absolute Gasteiger partial charge is 0.277 e. The van der Waals surface area contributed by atoms with Crippen molar-refractivity contribution < 1.29 is 13.9 Å². The third-order valence-corrected chi connectivity index (χ3v) is 5.31. The maximum absolute atomic E-state index is 12.3. The molecule has 0 bridgehead atoms. The summed E-state index contributed by atoms with van der Waals surface area (Å²) in [6.07, 6.45) is 0. The van der Waals surface area contributed by atoms with Gasteiger partial charge in [-0.15, -0.1) is 10.2 Å². The zero-order valence-electron chi connectivity index (χ0n) is 15.1. The second kappa shape index (κ2) is 9.07. The second-order valence-corrected chi connectivity index (χ2v) is 7.88. The van der Waals surface area contributed by atoms with Gasteiger partial charge in [-0.25, -0.2) is 0 Å². The van der Waals surface area contributed by atoms with E-state index in [9.17, 15) is 4.79 Å². The molecule has 0 aliphatic heterocycles. The number of nitrogens with zero attached hydrogens (tertiary/aromatic N) is 2. The van der Waals surface area contributed by atoms with Crippen LogP contribution in [0.5, 0.6) is 11.5 Å². The monoisotopic (exact) mass is 466 g/mol. The van der Waals surface area contributed by atoms with E-state index in [0.717, 1.165) is 15.8 Å². The molecule has 0 fully saturated rings. The van der Waals surface area contributed by atoms with Gasteiger partial charge in [-0.05, 0) is 42.5 Å². The standard InChI is InChI=1S/C22H15BrN2O3S/c23-17-11-9-15(10-12-17)20(26)14-29-22-25-24-21(28-22)16-5-4-8-19(13-16)27-18-6-2-1-3-7-18/h1-13H,14H2. The molecular weight excluding hydrogens is 452 g/mol. The Balaban J connectivity index is 1.41. The van der Waals surface area contributed by atoms with Crippen molar-refractivity contribution >= 4 is 33.5 Å². The van der Waals surface area contributed by atoms with Crippen LogP contribution in [0.25, 0.3) is 11.5 Å². The number of ketones is 1. The molecule has 29 heavy (non-hydrogen) atoms. The lowest BCUT2D eigenvalue weighted by Crippen LogP contribution is -2.01. The van der Waals surface area contributed by atoms with Crippen LogP contribution in [-0.4, -0.2) is 21.7 Å². The molecule has 0 radical (unpaired) electrons. The summed E-state index contributed by atoms with van der Waals surface area (Å²) in [5.74, 6) is 2.02. The van der Waals surface area contributed by atoms with E-state index in [-0.39, 0.29) is 11.5 Å². The normalized spacial score (nSPS) is 10.7. The van der Waals surface area contributed by atoms with Gasteiger partial charge >= 0.3 is 0 Å². The molecule has 144 valence electrons. The van der Waals surface area contributed by atoms with E-state index in [4.69, 9.17) is 9.15 Å². The molecule has 1 heterocycles. The molecule has 0 N–H and O–H groups in total. The molecule has 4 rings (SSSR count). The number of carbonyl (C=O) groups excluding carboxylic acids is 1. The fourth-order valence-electron chi connectivity index (χ4n) is 2.55. The summed E-state index contributed by atoms with van der Waals surface area (Å²) in [6, 6.07) is 24.2. The van der Waals surface area contributed by atoms with Gasteiger partial charge in [0.05, 0.1) is 5.75 Å². The minimum absolute atomic E-state index is 0.000471. The quantitative estimate of drug-likeness (QED) is 0.236. The summed E-state index contributed by atoms with van der Waals surface area (Å²) in [7, 11) is 0. The Labute approximate surface area is 180 Å². The lowest BCUT2D eigenvalue weighted by atomic mass is 10.2. The van der Waals surface area contributed by atoms with E-state index < -0.39 is 0 Å². The van der Waals surface area contributed by atoms with E-state index in [1.165, 1.54) is 11.8 Å². The molecule has 5 nitrogen and oxygen atoms in total. The topological polar surface area (TPSA) is 65.2 Å². The van der Waals surface area contributed by atoms with Crippen molar-refractivity contribution in [3.63, 3.8) is 0 Å². The Bertz CT molecular complexity index is 1110. The van der Waals surface area contributed by atoms with Gasteiger partial charge in [-0.2, -0.15) is 0 Å². The minimum Gasteiger partial charge on any atom is -0.457 e. The van der Waals surface area contributed by atoms with Crippen LogP contribution in [0.15, 0.2) is 93.0 Å². The number of benzene rings is 3. The number of halogens is 1. The number of thioether (sulfide) groups is 1. The Morgan fingerprint density at radius 1 is 0.931 bits per heavy atom. The van der Waals surface area contributed by atoms with Crippen LogP contribution < -0.4 is 4.74 Å². The van der Waals surface area contributed by atoms with Crippen LogP contribution in [0, 0.1) is 0 Å². The molecule has 4 aromatic rings. The Kier molecular flexibility index (Phi) is 6.07. The summed E-state index contributed by atoms with van der Waals surface area (Å²) in [6.45, 7) is 0. The van der Waals surface area contributed by atoms with Crippen LogP contribution in [0.1, 0.15) is 10.4 Å². The van der Waals surface area contributed by atoms with Gasteiger partial charge in [-0.1, -0.05) is 64.1 Å². The van der Waals surface area contributed by atoms with E-state index in [1.54, 1.807) is 12.1 Å². The summed E-state index contributed by atoms with van der Waals surface area (Å²) in [4.78, 5) is 12.3. The molecular formula is C22H15BrN2O3S. The molecule has 0 amide bonds. The van der Waals surface area contributed by atoms with E-state index in [0.29, 0.717) is 22.4 Å². The van der Waals surface area contributed by atoms with Gasteiger partial charge in [0.2, 0.25) is 5.89 Å². The Morgan fingerprint density at radius 2 is 1.69 bits per heavy atom. The zero-order valence-corrected chi connectivity index (χ0v) is 17.5. The van der Waals surface area contributed by atoms with Crippen molar-refractivity contribution in [1.29, 1.82) is 0 Å². The van der Waals surface area contributed by atoms with Crippen molar-refractivity contribution in [2.75, 3.05) is 5.75 Å². The van der Waals surface area contributed by atoms with Crippen LogP contribution in [0.3, 0.4) is 0 Å². The number of hydrogen-bond donors (Lipinski definition) is 0. The first kappa shape index (κ1) is 19.4.